The van der Waals surface area contributed by atoms with Crippen LogP contribution in [-0.4, -0.2) is 48.2 Å². The maximum absolute atomic E-state index is 12.4. The van der Waals surface area contributed by atoms with Crippen molar-refractivity contribution in [2.24, 2.45) is 0 Å². The van der Waals surface area contributed by atoms with Gasteiger partial charge in [0.05, 0.1) is 11.0 Å². The summed E-state index contributed by atoms with van der Waals surface area (Å²) in [6.07, 6.45) is 1.46. The fourth-order valence-electron chi connectivity index (χ4n) is 3.73. The first-order valence-corrected chi connectivity index (χ1v) is 10.1. The summed E-state index contributed by atoms with van der Waals surface area (Å²) in [5.74, 6) is -0.0764. The fourth-order valence-corrected chi connectivity index (χ4v) is 4.83. The van der Waals surface area contributed by atoms with E-state index in [0.29, 0.717) is 6.54 Å². The zero-order chi connectivity index (χ0) is 17.9. The number of nitrogens with zero attached hydrogens (tertiary/aromatic N) is 1. The van der Waals surface area contributed by atoms with E-state index in [1.165, 1.54) is 21.6 Å². The van der Waals surface area contributed by atoms with Gasteiger partial charge in [0, 0.05) is 44.1 Å². The predicted molar refractivity (Wildman–Crippen MR) is 103 cm³/mol. The summed E-state index contributed by atoms with van der Waals surface area (Å²) in [7, 11) is 0. The van der Waals surface area contributed by atoms with Crippen LogP contribution in [0.3, 0.4) is 0 Å². The van der Waals surface area contributed by atoms with E-state index < -0.39 is 6.10 Å². The number of aliphatic hydroxyl groups is 1. The Morgan fingerprint density at radius 3 is 2.96 bits per heavy atom. The highest BCUT2D eigenvalue weighted by Crippen LogP contribution is 2.25. The summed E-state index contributed by atoms with van der Waals surface area (Å²) in [6, 6.07) is 10.5. The molecule has 1 aromatic heterocycles. The molecule has 2 aliphatic heterocycles. The standard InChI is InChI=1S/C20H25N3O2S/c24-17(13-23-8-6-14-3-1-2-4-15(14)12-23)11-22-20(25)19-9-16-10-21-7-5-18(16)26-19/h1-4,9,17,21,24H,5-8,10-13H2,(H,22,25)/t17-/m0/s1. The van der Waals surface area contributed by atoms with E-state index >= 15 is 0 Å². The van der Waals surface area contributed by atoms with E-state index in [2.05, 4.69) is 39.8 Å². The van der Waals surface area contributed by atoms with Crippen LogP contribution >= 0.6 is 11.3 Å². The van der Waals surface area contributed by atoms with Gasteiger partial charge in [-0.25, -0.2) is 0 Å². The Hall–Kier alpha value is -1.73. The van der Waals surface area contributed by atoms with Gasteiger partial charge >= 0.3 is 0 Å². The van der Waals surface area contributed by atoms with E-state index in [9.17, 15) is 9.90 Å². The van der Waals surface area contributed by atoms with Gasteiger partial charge in [-0.2, -0.15) is 0 Å². The molecule has 1 amide bonds. The molecule has 1 atom stereocenters. The Balaban J connectivity index is 1.27. The first-order chi connectivity index (χ1) is 12.7. The molecule has 0 aliphatic carbocycles. The molecule has 1 aromatic carbocycles. The van der Waals surface area contributed by atoms with Crippen molar-refractivity contribution in [2.75, 3.05) is 26.2 Å². The number of benzene rings is 1. The summed E-state index contributed by atoms with van der Waals surface area (Å²) in [5.41, 5.74) is 3.98. The third kappa shape index (κ3) is 3.99. The Morgan fingerprint density at radius 1 is 1.27 bits per heavy atom. The second-order valence-corrected chi connectivity index (χ2v) is 8.24. The number of rotatable bonds is 5. The van der Waals surface area contributed by atoms with Crippen molar-refractivity contribution in [3.63, 3.8) is 0 Å². The average Bonchev–Trinajstić information content (AvgIpc) is 3.10. The van der Waals surface area contributed by atoms with Crippen molar-refractivity contribution in [2.45, 2.75) is 32.0 Å². The van der Waals surface area contributed by atoms with Crippen LogP contribution in [0.25, 0.3) is 0 Å². The van der Waals surface area contributed by atoms with Crippen LogP contribution in [0.2, 0.25) is 0 Å². The molecule has 0 unspecified atom stereocenters. The number of hydrogen-bond acceptors (Lipinski definition) is 5. The summed E-state index contributed by atoms with van der Waals surface area (Å²) in [4.78, 5) is 16.7. The summed E-state index contributed by atoms with van der Waals surface area (Å²) in [6.45, 7) is 4.51. The molecule has 0 radical (unpaired) electrons. The third-order valence-electron chi connectivity index (χ3n) is 5.14. The maximum atomic E-state index is 12.4. The highest BCUT2D eigenvalue weighted by molar-refractivity contribution is 7.14. The summed E-state index contributed by atoms with van der Waals surface area (Å²) >= 11 is 1.58. The van der Waals surface area contributed by atoms with E-state index in [4.69, 9.17) is 0 Å². The molecule has 3 heterocycles. The number of nitrogens with one attached hydrogen (secondary N) is 2. The van der Waals surface area contributed by atoms with Crippen molar-refractivity contribution in [3.05, 3.63) is 56.8 Å². The monoisotopic (exact) mass is 371 g/mol. The molecule has 0 saturated heterocycles. The topological polar surface area (TPSA) is 64.6 Å². The summed E-state index contributed by atoms with van der Waals surface area (Å²) < 4.78 is 0. The van der Waals surface area contributed by atoms with Crippen LogP contribution in [0.1, 0.15) is 31.2 Å². The number of aliphatic hydroxyl groups excluding tert-OH is 1. The molecule has 0 spiro atoms. The number of carbonyl (C=O) groups excluding carboxylic acids is 1. The number of thiophene rings is 1. The number of fused-ring (bicyclic) bond motifs is 2. The molecule has 5 nitrogen and oxygen atoms in total. The van der Waals surface area contributed by atoms with Gasteiger partial charge < -0.3 is 15.7 Å². The van der Waals surface area contributed by atoms with Gasteiger partial charge in [0.15, 0.2) is 0 Å². The van der Waals surface area contributed by atoms with Crippen LogP contribution < -0.4 is 10.6 Å². The molecule has 0 bridgehead atoms. The van der Waals surface area contributed by atoms with E-state index in [0.717, 1.165) is 43.9 Å². The van der Waals surface area contributed by atoms with E-state index in [-0.39, 0.29) is 12.5 Å². The number of hydrogen-bond donors (Lipinski definition) is 3. The van der Waals surface area contributed by atoms with Crippen molar-refractivity contribution < 1.29 is 9.90 Å². The zero-order valence-electron chi connectivity index (χ0n) is 14.8. The normalized spacial score (nSPS) is 18.0. The van der Waals surface area contributed by atoms with Crippen LogP contribution in [0.4, 0.5) is 0 Å². The lowest BCUT2D eigenvalue weighted by molar-refractivity contribution is 0.0845. The molecule has 3 N–H and O–H groups in total. The first kappa shape index (κ1) is 17.7. The maximum Gasteiger partial charge on any atom is 0.261 e. The van der Waals surface area contributed by atoms with Crippen molar-refractivity contribution in [3.8, 4) is 0 Å². The smallest absolute Gasteiger partial charge is 0.261 e. The largest absolute Gasteiger partial charge is 0.390 e. The van der Waals surface area contributed by atoms with Gasteiger partial charge in [0.2, 0.25) is 0 Å². The third-order valence-corrected chi connectivity index (χ3v) is 6.38. The lowest BCUT2D eigenvalue weighted by atomic mass is 10.00. The summed E-state index contributed by atoms with van der Waals surface area (Å²) in [5, 5.41) is 16.6. The minimum atomic E-state index is -0.555. The van der Waals surface area contributed by atoms with Crippen LogP contribution in [-0.2, 0) is 25.9 Å². The van der Waals surface area contributed by atoms with Gasteiger partial charge in [0.25, 0.3) is 5.91 Å². The number of carbonyl (C=O) groups is 1. The quantitative estimate of drug-likeness (QED) is 0.746. The predicted octanol–water partition coefficient (Wildman–Crippen LogP) is 1.54. The Morgan fingerprint density at radius 2 is 2.12 bits per heavy atom. The van der Waals surface area contributed by atoms with Gasteiger partial charge in [0.1, 0.15) is 0 Å². The minimum Gasteiger partial charge on any atom is -0.390 e. The lowest BCUT2D eigenvalue weighted by Gasteiger charge is -2.30. The Labute approximate surface area is 158 Å². The van der Waals surface area contributed by atoms with Crippen LogP contribution in [0, 0.1) is 0 Å². The van der Waals surface area contributed by atoms with Crippen molar-refractivity contribution in [1.82, 2.24) is 15.5 Å². The van der Waals surface area contributed by atoms with Gasteiger partial charge in [-0.1, -0.05) is 24.3 Å². The van der Waals surface area contributed by atoms with E-state index in [1.807, 2.05) is 6.07 Å². The first-order valence-electron chi connectivity index (χ1n) is 9.27. The molecule has 6 heteroatoms. The van der Waals surface area contributed by atoms with Gasteiger partial charge in [-0.3, -0.25) is 9.69 Å². The molecule has 0 saturated carbocycles. The highest BCUT2D eigenvalue weighted by atomic mass is 32.1. The molecule has 26 heavy (non-hydrogen) atoms. The fraction of sp³-hybridized carbons (Fsp3) is 0.450. The van der Waals surface area contributed by atoms with Gasteiger partial charge in [-0.05, 0) is 35.6 Å². The molecular weight excluding hydrogens is 346 g/mol. The molecule has 4 rings (SSSR count). The molecular formula is C20H25N3O2S. The lowest BCUT2D eigenvalue weighted by Crippen LogP contribution is -2.41. The van der Waals surface area contributed by atoms with Gasteiger partial charge in [-0.15, -0.1) is 11.3 Å². The Bertz CT molecular complexity index is 766. The zero-order valence-corrected chi connectivity index (χ0v) is 15.6. The highest BCUT2D eigenvalue weighted by Gasteiger charge is 2.20. The van der Waals surface area contributed by atoms with Crippen LogP contribution in [0.15, 0.2) is 30.3 Å². The number of β-amino-alcohol motifs (C(OH)–C–C–N with tert-alkyl or cyclic N) is 1. The molecule has 2 aliphatic rings. The van der Waals surface area contributed by atoms with Crippen molar-refractivity contribution in [1.29, 1.82) is 0 Å². The molecule has 2 aromatic rings. The van der Waals surface area contributed by atoms with E-state index in [1.54, 1.807) is 11.3 Å². The Kier molecular flexibility index (Phi) is 5.36. The average molecular weight is 372 g/mol. The minimum absolute atomic E-state index is 0.0764. The molecule has 0 fully saturated rings. The second kappa shape index (κ2) is 7.88. The SMILES string of the molecule is O=C(NC[C@H](O)CN1CCc2ccccc2C1)c1cc2c(s1)CCNC2. The molecule has 138 valence electrons. The van der Waals surface area contributed by atoms with Crippen LogP contribution in [0.5, 0.6) is 0 Å². The second-order valence-electron chi connectivity index (χ2n) is 7.10. The number of amides is 1. The van der Waals surface area contributed by atoms with Crippen molar-refractivity contribution >= 4 is 17.2 Å².